The molecule has 0 unspecified atom stereocenters. The van der Waals surface area contributed by atoms with Crippen LogP contribution >= 0.6 is 0 Å². The van der Waals surface area contributed by atoms with Gasteiger partial charge in [0.05, 0.1) is 18.8 Å². The summed E-state index contributed by atoms with van der Waals surface area (Å²) in [6.07, 6.45) is 6.64. The Hall–Kier alpha value is -3.22. The number of carbonyl (C=O) groups is 1. The highest BCUT2D eigenvalue weighted by atomic mass is 16.5. The predicted octanol–water partition coefficient (Wildman–Crippen LogP) is 4.22. The van der Waals surface area contributed by atoms with E-state index in [4.69, 9.17) is 9.26 Å². The van der Waals surface area contributed by atoms with E-state index in [1.54, 1.807) is 13.3 Å². The second kappa shape index (κ2) is 9.52. The monoisotopic (exact) mass is 406 g/mol. The zero-order valence-corrected chi connectivity index (χ0v) is 17.2. The van der Waals surface area contributed by atoms with E-state index in [0.29, 0.717) is 31.0 Å². The lowest BCUT2D eigenvalue weighted by Crippen LogP contribution is -2.38. The van der Waals surface area contributed by atoms with Crippen molar-refractivity contribution in [2.24, 2.45) is 0 Å². The zero-order valence-electron chi connectivity index (χ0n) is 17.2. The van der Waals surface area contributed by atoms with Crippen molar-refractivity contribution in [3.8, 4) is 17.1 Å². The van der Waals surface area contributed by atoms with Crippen molar-refractivity contribution >= 4 is 5.91 Å². The van der Waals surface area contributed by atoms with Crippen LogP contribution in [0.1, 0.15) is 49.7 Å². The average molecular weight is 406 g/mol. The van der Waals surface area contributed by atoms with E-state index >= 15 is 0 Å². The lowest BCUT2D eigenvalue weighted by molar-refractivity contribution is -0.135. The Morgan fingerprint density at radius 1 is 1.23 bits per heavy atom. The number of benzene rings is 1. The second-order valence-corrected chi connectivity index (χ2v) is 7.45. The lowest BCUT2D eigenvalue weighted by atomic mass is 9.98. The molecule has 0 saturated carbocycles. The summed E-state index contributed by atoms with van der Waals surface area (Å²) in [5, 5.41) is 4.06. The second-order valence-electron chi connectivity index (χ2n) is 7.45. The van der Waals surface area contributed by atoms with E-state index in [0.717, 1.165) is 42.8 Å². The van der Waals surface area contributed by atoms with E-state index in [9.17, 15) is 4.79 Å². The number of aromatic nitrogens is 3. The molecule has 1 aromatic carbocycles. The molecule has 1 atom stereocenters. The zero-order chi connectivity index (χ0) is 20.8. The third-order valence-electron chi connectivity index (χ3n) is 5.43. The number of pyridine rings is 1. The third-order valence-corrected chi connectivity index (χ3v) is 5.43. The molecule has 7 nitrogen and oxygen atoms in total. The Balaban J connectivity index is 1.34. The van der Waals surface area contributed by atoms with Gasteiger partial charge in [0.2, 0.25) is 17.6 Å². The Morgan fingerprint density at radius 3 is 3.00 bits per heavy atom. The van der Waals surface area contributed by atoms with Crippen LogP contribution in [-0.4, -0.2) is 39.6 Å². The van der Waals surface area contributed by atoms with Gasteiger partial charge in [0, 0.05) is 31.1 Å². The van der Waals surface area contributed by atoms with E-state index in [1.165, 1.54) is 0 Å². The molecule has 2 aromatic heterocycles. The minimum atomic E-state index is 0.0792. The summed E-state index contributed by atoms with van der Waals surface area (Å²) in [4.78, 5) is 23.8. The molecule has 0 bridgehead atoms. The van der Waals surface area contributed by atoms with Gasteiger partial charge < -0.3 is 14.2 Å². The standard InChI is InChI=1S/C23H26N4O3/c1-29-18-9-6-8-17(16-18)23-25-21(30-26-23)12-7-13-22(28)27-15-5-3-11-20(27)19-10-2-4-14-24-19/h2,4,6,8-10,14,16,20H,3,5,7,11-13,15H2,1H3/t20-/m1/s1. The minimum Gasteiger partial charge on any atom is -0.497 e. The summed E-state index contributed by atoms with van der Waals surface area (Å²) >= 11 is 0. The molecule has 3 aromatic rings. The maximum atomic E-state index is 12.9. The molecule has 1 fully saturated rings. The van der Waals surface area contributed by atoms with E-state index in [-0.39, 0.29) is 11.9 Å². The molecule has 1 aliphatic heterocycles. The van der Waals surface area contributed by atoms with Gasteiger partial charge in [-0.15, -0.1) is 0 Å². The van der Waals surface area contributed by atoms with Crippen LogP contribution in [0.3, 0.4) is 0 Å². The van der Waals surface area contributed by atoms with Gasteiger partial charge >= 0.3 is 0 Å². The Bertz CT molecular complexity index is 973. The summed E-state index contributed by atoms with van der Waals surface area (Å²) in [5.74, 6) is 1.98. The van der Waals surface area contributed by atoms with Crippen molar-refractivity contribution in [1.29, 1.82) is 0 Å². The first-order valence-electron chi connectivity index (χ1n) is 10.4. The number of likely N-dealkylation sites (tertiary alicyclic amines) is 1. The Labute approximate surface area is 176 Å². The van der Waals surface area contributed by atoms with Gasteiger partial charge in [0.1, 0.15) is 5.75 Å². The molecule has 4 rings (SSSR count). The van der Waals surface area contributed by atoms with Gasteiger partial charge in [-0.05, 0) is 49.9 Å². The molecule has 0 aliphatic carbocycles. The normalized spacial score (nSPS) is 16.4. The average Bonchev–Trinajstić information content (AvgIpc) is 3.28. The molecule has 156 valence electrons. The molecular weight excluding hydrogens is 380 g/mol. The number of hydrogen-bond acceptors (Lipinski definition) is 6. The molecule has 3 heterocycles. The van der Waals surface area contributed by atoms with Crippen molar-refractivity contribution in [2.45, 2.75) is 44.6 Å². The van der Waals surface area contributed by atoms with E-state index < -0.39 is 0 Å². The fourth-order valence-electron chi connectivity index (χ4n) is 3.88. The molecule has 1 saturated heterocycles. The fourth-order valence-corrected chi connectivity index (χ4v) is 3.88. The quantitative estimate of drug-likeness (QED) is 0.584. The van der Waals surface area contributed by atoms with Crippen LogP contribution in [0.2, 0.25) is 0 Å². The van der Waals surface area contributed by atoms with Gasteiger partial charge in [0.15, 0.2) is 0 Å². The number of methoxy groups -OCH3 is 1. The molecule has 1 amide bonds. The molecule has 1 aliphatic rings. The van der Waals surface area contributed by atoms with Crippen LogP contribution in [0.5, 0.6) is 5.75 Å². The maximum Gasteiger partial charge on any atom is 0.226 e. The SMILES string of the molecule is COc1cccc(-c2noc(CCCC(=O)N3CCCC[C@@H]3c3ccccn3)n2)c1. The highest BCUT2D eigenvalue weighted by molar-refractivity contribution is 5.76. The summed E-state index contributed by atoms with van der Waals surface area (Å²) in [7, 11) is 1.62. The van der Waals surface area contributed by atoms with Crippen LogP contribution in [0.15, 0.2) is 53.2 Å². The number of piperidine rings is 1. The minimum absolute atomic E-state index is 0.0792. The number of hydrogen-bond donors (Lipinski definition) is 0. The van der Waals surface area contributed by atoms with E-state index in [2.05, 4.69) is 15.1 Å². The highest BCUT2D eigenvalue weighted by Gasteiger charge is 2.28. The number of ether oxygens (including phenoxy) is 1. The van der Waals surface area contributed by atoms with Gasteiger partial charge in [-0.2, -0.15) is 4.98 Å². The first kappa shape index (κ1) is 20.1. The molecular formula is C23H26N4O3. The first-order chi connectivity index (χ1) is 14.7. The predicted molar refractivity (Wildman–Crippen MR) is 112 cm³/mol. The number of rotatable bonds is 7. The van der Waals surface area contributed by atoms with Crippen LogP contribution in [0, 0.1) is 0 Å². The van der Waals surface area contributed by atoms with Gasteiger partial charge in [-0.3, -0.25) is 9.78 Å². The molecule has 0 radical (unpaired) electrons. The smallest absolute Gasteiger partial charge is 0.226 e. The number of nitrogens with zero attached hydrogens (tertiary/aromatic N) is 4. The van der Waals surface area contributed by atoms with Gasteiger partial charge in [0.25, 0.3) is 0 Å². The van der Waals surface area contributed by atoms with Crippen molar-refractivity contribution in [3.63, 3.8) is 0 Å². The fraction of sp³-hybridized carbons (Fsp3) is 0.391. The van der Waals surface area contributed by atoms with Crippen molar-refractivity contribution in [1.82, 2.24) is 20.0 Å². The van der Waals surface area contributed by atoms with Crippen LogP contribution in [0.25, 0.3) is 11.4 Å². The van der Waals surface area contributed by atoms with Gasteiger partial charge in [-0.25, -0.2) is 0 Å². The summed E-state index contributed by atoms with van der Waals surface area (Å²) in [6.45, 7) is 0.792. The summed E-state index contributed by atoms with van der Waals surface area (Å²) < 4.78 is 10.6. The van der Waals surface area contributed by atoms with E-state index in [1.807, 2.05) is 47.4 Å². The third kappa shape index (κ3) is 4.67. The highest BCUT2D eigenvalue weighted by Crippen LogP contribution is 2.30. The Kier molecular flexibility index (Phi) is 6.37. The molecule has 0 spiro atoms. The van der Waals surface area contributed by atoms with Crippen LogP contribution in [0.4, 0.5) is 0 Å². The molecule has 7 heteroatoms. The lowest BCUT2D eigenvalue weighted by Gasteiger charge is -2.35. The van der Waals surface area contributed by atoms with Crippen LogP contribution in [-0.2, 0) is 11.2 Å². The summed E-state index contributed by atoms with van der Waals surface area (Å²) in [5.41, 5.74) is 1.82. The van der Waals surface area contributed by atoms with Crippen LogP contribution < -0.4 is 4.74 Å². The summed E-state index contributed by atoms with van der Waals surface area (Å²) in [6, 6.07) is 13.5. The molecule has 0 N–H and O–H groups in total. The largest absolute Gasteiger partial charge is 0.497 e. The number of amides is 1. The van der Waals surface area contributed by atoms with Crippen molar-refractivity contribution in [2.75, 3.05) is 13.7 Å². The van der Waals surface area contributed by atoms with Crippen molar-refractivity contribution < 1.29 is 14.1 Å². The van der Waals surface area contributed by atoms with Crippen molar-refractivity contribution in [3.05, 3.63) is 60.2 Å². The van der Waals surface area contributed by atoms with Gasteiger partial charge in [-0.1, -0.05) is 23.4 Å². The maximum absolute atomic E-state index is 12.9. The molecule has 30 heavy (non-hydrogen) atoms. The first-order valence-corrected chi connectivity index (χ1v) is 10.4. The number of aryl methyl sites for hydroxylation is 1. The Morgan fingerprint density at radius 2 is 2.17 bits per heavy atom. The topological polar surface area (TPSA) is 81.4 Å². The number of carbonyl (C=O) groups excluding carboxylic acids is 1.